The fourth-order valence-electron chi connectivity index (χ4n) is 2.11. The second kappa shape index (κ2) is 4.81. The fraction of sp³-hybridized carbons (Fsp3) is 0.125. The van der Waals surface area contributed by atoms with Crippen LogP contribution in [0.25, 0.3) is 22.4 Å². The van der Waals surface area contributed by atoms with E-state index in [0.29, 0.717) is 22.5 Å². The van der Waals surface area contributed by atoms with Gasteiger partial charge in [-0.1, -0.05) is 18.2 Å². The van der Waals surface area contributed by atoms with Crippen LogP contribution in [0.15, 0.2) is 51.7 Å². The number of aromatic nitrogens is 1. The molecule has 3 aromatic rings. The molecule has 4 nitrogen and oxygen atoms in total. The normalized spacial score (nSPS) is 10.7. The summed E-state index contributed by atoms with van der Waals surface area (Å²) >= 11 is 0. The summed E-state index contributed by atoms with van der Waals surface area (Å²) in [6.07, 6.45) is 0. The Hall–Kier alpha value is -2.62. The quantitative estimate of drug-likeness (QED) is 0.715. The van der Waals surface area contributed by atoms with E-state index in [9.17, 15) is 4.79 Å². The van der Waals surface area contributed by atoms with E-state index >= 15 is 0 Å². The number of fused-ring (bicyclic) bond motifs is 1. The third-order valence-electron chi connectivity index (χ3n) is 3.21. The predicted octanol–water partition coefficient (Wildman–Crippen LogP) is 3.17. The number of aryl methyl sites for hydroxylation is 1. The first kappa shape index (κ1) is 12.4. The maximum atomic E-state index is 12.0. The largest absolute Gasteiger partial charge is 0.497 e. The van der Waals surface area contributed by atoms with Crippen molar-refractivity contribution in [1.29, 1.82) is 0 Å². The van der Waals surface area contributed by atoms with Crippen molar-refractivity contribution in [3.63, 3.8) is 0 Å². The highest BCUT2D eigenvalue weighted by atomic mass is 16.5. The van der Waals surface area contributed by atoms with Gasteiger partial charge in [0.25, 0.3) is 0 Å². The third-order valence-corrected chi connectivity index (χ3v) is 3.21. The molecule has 0 fully saturated rings. The summed E-state index contributed by atoms with van der Waals surface area (Å²) in [5.74, 6) is 0.986. The van der Waals surface area contributed by atoms with Crippen molar-refractivity contribution in [3.05, 3.63) is 58.4 Å². The van der Waals surface area contributed by atoms with E-state index in [-0.39, 0.29) is 0 Å². The average Bonchev–Trinajstić information content (AvgIpc) is 2.47. The maximum absolute atomic E-state index is 12.0. The van der Waals surface area contributed by atoms with Crippen molar-refractivity contribution >= 4 is 10.9 Å². The number of rotatable bonds is 2. The topological polar surface area (TPSA) is 52.3 Å². The van der Waals surface area contributed by atoms with E-state index < -0.39 is 5.63 Å². The molecule has 0 saturated heterocycles. The molecule has 0 N–H and O–H groups in total. The highest BCUT2D eigenvalue weighted by Gasteiger charge is 2.10. The van der Waals surface area contributed by atoms with Crippen molar-refractivity contribution in [1.82, 2.24) is 4.98 Å². The van der Waals surface area contributed by atoms with E-state index in [0.717, 1.165) is 11.1 Å². The molecule has 0 atom stereocenters. The van der Waals surface area contributed by atoms with Gasteiger partial charge in [-0.2, -0.15) is 0 Å². The first-order chi connectivity index (χ1) is 9.69. The minimum absolute atomic E-state index is 0.328. The molecule has 0 aliphatic heterocycles. The Balaban J connectivity index is 2.28. The number of hydrogen-bond donors (Lipinski definition) is 0. The van der Waals surface area contributed by atoms with Gasteiger partial charge in [0.2, 0.25) is 5.89 Å². The van der Waals surface area contributed by atoms with E-state index in [1.807, 2.05) is 31.2 Å². The Morgan fingerprint density at radius 3 is 2.70 bits per heavy atom. The van der Waals surface area contributed by atoms with Gasteiger partial charge >= 0.3 is 5.63 Å². The van der Waals surface area contributed by atoms with E-state index in [2.05, 4.69) is 4.98 Å². The molecule has 4 heteroatoms. The lowest BCUT2D eigenvalue weighted by Gasteiger charge is -2.05. The summed E-state index contributed by atoms with van der Waals surface area (Å²) in [6.45, 7) is 1.95. The maximum Gasteiger partial charge on any atom is 0.347 e. The molecule has 0 spiro atoms. The summed E-state index contributed by atoms with van der Waals surface area (Å²) in [6, 6.07) is 12.8. The van der Waals surface area contributed by atoms with Crippen LogP contribution in [-0.4, -0.2) is 12.1 Å². The van der Waals surface area contributed by atoms with Crippen molar-refractivity contribution in [3.8, 4) is 17.2 Å². The van der Waals surface area contributed by atoms with Gasteiger partial charge in [-0.3, -0.25) is 0 Å². The molecule has 100 valence electrons. The minimum atomic E-state index is -0.393. The van der Waals surface area contributed by atoms with Gasteiger partial charge in [0.05, 0.1) is 18.0 Å². The van der Waals surface area contributed by atoms with Gasteiger partial charge in [0.1, 0.15) is 5.75 Å². The smallest absolute Gasteiger partial charge is 0.347 e. The second-order valence-electron chi connectivity index (χ2n) is 4.50. The van der Waals surface area contributed by atoms with Crippen molar-refractivity contribution in [2.24, 2.45) is 0 Å². The van der Waals surface area contributed by atoms with Gasteiger partial charge in [0, 0.05) is 11.6 Å². The summed E-state index contributed by atoms with van der Waals surface area (Å²) in [5, 5.41) is 0.447. The van der Waals surface area contributed by atoms with Crippen LogP contribution < -0.4 is 10.4 Å². The Labute approximate surface area is 115 Å². The molecule has 3 rings (SSSR count). The molecular formula is C16H13NO3. The summed E-state index contributed by atoms with van der Waals surface area (Å²) in [5.41, 5.74) is 1.99. The van der Waals surface area contributed by atoms with Gasteiger partial charge < -0.3 is 9.15 Å². The molecule has 0 aliphatic carbocycles. The summed E-state index contributed by atoms with van der Waals surface area (Å²) < 4.78 is 10.5. The molecule has 1 aromatic heterocycles. The van der Waals surface area contributed by atoms with Crippen molar-refractivity contribution < 1.29 is 9.15 Å². The minimum Gasteiger partial charge on any atom is -0.497 e. The monoisotopic (exact) mass is 267 g/mol. The van der Waals surface area contributed by atoms with Crippen LogP contribution in [-0.2, 0) is 0 Å². The van der Waals surface area contributed by atoms with Crippen LogP contribution in [0.2, 0.25) is 0 Å². The lowest BCUT2D eigenvalue weighted by atomic mass is 10.1. The molecule has 0 saturated carbocycles. The number of benzene rings is 2. The zero-order valence-electron chi connectivity index (χ0n) is 11.2. The number of nitrogens with zero attached hydrogens (tertiary/aromatic N) is 1. The molecule has 0 aliphatic rings. The molecule has 1 heterocycles. The third kappa shape index (κ3) is 2.05. The van der Waals surface area contributed by atoms with Crippen LogP contribution >= 0.6 is 0 Å². The Bertz CT molecular complexity index is 836. The summed E-state index contributed by atoms with van der Waals surface area (Å²) in [7, 11) is 1.58. The van der Waals surface area contributed by atoms with Crippen molar-refractivity contribution in [2.75, 3.05) is 7.11 Å². The van der Waals surface area contributed by atoms with E-state index in [4.69, 9.17) is 9.15 Å². The number of ether oxygens (including phenoxy) is 1. The van der Waals surface area contributed by atoms with Crippen molar-refractivity contribution in [2.45, 2.75) is 6.92 Å². The highest BCUT2D eigenvalue weighted by Crippen LogP contribution is 2.23. The SMILES string of the molecule is COc1ccc2c(=O)oc(-c3ccccc3C)nc2c1. The Morgan fingerprint density at radius 2 is 1.95 bits per heavy atom. The second-order valence-corrected chi connectivity index (χ2v) is 4.50. The fourth-order valence-corrected chi connectivity index (χ4v) is 2.11. The lowest BCUT2D eigenvalue weighted by molar-refractivity contribution is 0.415. The first-order valence-electron chi connectivity index (χ1n) is 6.24. The van der Waals surface area contributed by atoms with Gasteiger partial charge in [0.15, 0.2) is 0 Å². The average molecular weight is 267 g/mol. The number of methoxy groups -OCH3 is 1. The van der Waals surface area contributed by atoms with Gasteiger partial charge in [-0.15, -0.1) is 0 Å². The molecular weight excluding hydrogens is 254 g/mol. The van der Waals surface area contributed by atoms with Gasteiger partial charge in [-0.05, 0) is 30.7 Å². The van der Waals surface area contributed by atoms with Crippen LogP contribution in [0.4, 0.5) is 0 Å². The Kier molecular flexibility index (Phi) is 2.99. The zero-order chi connectivity index (χ0) is 14.1. The van der Waals surface area contributed by atoms with Crippen LogP contribution in [0, 0.1) is 6.92 Å². The molecule has 0 radical (unpaired) electrons. The lowest BCUT2D eigenvalue weighted by Crippen LogP contribution is -2.03. The number of hydrogen-bond acceptors (Lipinski definition) is 4. The van der Waals surface area contributed by atoms with Crippen LogP contribution in [0.1, 0.15) is 5.56 Å². The summed E-state index contributed by atoms with van der Waals surface area (Å²) in [4.78, 5) is 16.5. The van der Waals surface area contributed by atoms with E-state index in [1.54, 1.807) is 25.3 Å². The standard InChI is InChI=1S/C16H13NO3/c1-10-5-3-4-6-12(10)15-17-14-9-11(19-2)7-8-13(14)16(18)20-15/h3-9H,1-2H3. The molecule has 0 bridgehead atoms. The Morgan fingerprint density at radius 1 is 1.15 bits per heavy atom. The predicted molar refractivity (Wildman–Crippen MR) is 77.0 cm³/mol. The highest BCUT2D eigenvalue weighted by molar-refractivity contribution is 5.80. The van der Waals surface area contributed by atoms with E-state index in [1.165, 1.54) is 0 Å². The molecule has 2 aromatic carbocycles. The molecule has 0 amide bonds. The van der Waals surface area contributed by atoms with Crippen LogP contribution in [0.5, 0.6) is 5.75 Å². The zero-order valence-corrected chi connectivity index (χ0v) is 11.2. The van der Waals surface area contributed by atoms with Gasteiger partial charge in [-0.25, -0.2) is 9.78 Å². The first-order valence-corrected chi connectivity index (χ1v) is 6.24. The molecule has 20 heavy (non-hydrogen) atoms. The molecule has 0 unspecified atom stereocenters. The van der Waals surface area contributed by atoms with Crippen LogP contribution in [0.3, 0.4) is 0 Å².